The van der Waals surface area contributed by atoms with Gasteiger partial charge < -0.3 is 10.2 Å². The molecule has 0 rings (SSSR count). The van der Waals surface area contributed by atoms with Gasteiger partial charge >= 0.3 is 6.16 Å². The molecule has 0 saturated heterocycles. The highest BCUT2D eigenvalue weighted by Gasteiger charge is 2.05. The maximum absolute atomic E-state index is 11.1. The van der Waals surface area contributed by atoms with Crippen LogP contribution in [0.3, 0.4) is 0 Å². The quantitative estimate of drug-likeness (QED) is 0.626. The van der Waals surface area contributed by atoms with Crippen LogP contribution in [0.5, 0.6) is 0 Å². The molecule has 0 atom stereocenters. The van der Waals surface area contributed by atoms with E-state index in [0.717, 1.165) is 0 Å². The molecule has 0 aliphatic rings. The van der Waals surface area contributed by atoms with Crippen LogP contribution in [0.1, 0.15) is 0 Å². The van der Waals surface area contributed by atoms with Crippen LogP contribution in [0.2, 0.25) is 0 Å². The van der Waals surface area contributed by atoms with E-state index in [2.05, 4.69) is 6.58 Å². The normalized spacial score (nSPS) is 8.36. The number of carbonyl (C=O) groups is 1. The summed E-state index contributed by atoms with van der Waals surface area (Å²) in [5.41, 5.74) is -0.653. The lowest BCUT2D eigenvalue weighted by atomic mass is 10.4. The van der Waals surface area contributed by atoms with Gasteiger partial charge in [0.1, 0.15) is 6.67 Å². The Morgan fingerprint density at radius 2 is 1.73 bits per heavy atom. The molecule has 0 unspecified atom stereocenters. The minimum absolute atomic E-state index is 0.653. The van der Waals surface area contributed by atoms with Crippen LogP contribution in [0.4, 0.5) is 18.0 Å². The predicted octanol–water partition coefficient (Wildman–Crippen LogP) is 2.00. The number of halogens is 3. The van der Waals surface area contributed by atoms with Crippen LogP contribution in [-0.4, -0.2) is 29.5 Å². The van der Waals surface area contributed by atoms with E-state index < -0.39 is 24.8 Å². The van der Waals surface area contributed by atoms with Crippen molar-refractivity contribution in [3.05, 3.63) is 12.2 Å². The van der Waals surface area contributed by atoms with Crippen molar-refractivity contribution in [3.63, 3.8) is 0 Å². The molecule has 2 N–H and O–H groups in total. The fourth-order valence-corrected chi connectivity index (χ4v) is 0.0583. The highest BCUT2D eigenvalue weighted by Crippen LogP contribution is 2.04. The smallest absolute Gasteiger partial charge is 0.450 e. The zero-order valence-corrected chi connectivity index (χ0v) is 5.43. The van der Waals surface area contributed by atoms with Crippen molar-refractivity contribution in [3.8, 4) is 0 Å². The van der Waals surface area contributed by atoms with Gasteiger partial charge in [-0.3, -0.25) is 0 Å². The third kappa shape index (κ3) is 17.7. The summed E-state index contributed by atoms with van der Waals surface area (Å²) in [5, 5.41) is 13.9. The second kappa shape index (κ2) is 6.91. The number of alkyl halides is 3. The number of allylic oxidation sites excluding steroid dienone is 1. The van der Waals surface area contributed by atoms with Crippen molar-refractivity contribution in [2.75, 3.05) is 6.67 Å². The lowest BCUT2D eigenvalue weighted by molar-refractivity contribution is 0.137. The summed E-state index contributed by atoms with van der Waals surface area (Å²) in [6.45, 7) is 1.62. The second-order valence-corrected chi connectivity index (χ2v) is 1.38. The van der Waals surface area contributed by atoms with Gasteiger partial charge in [0.15, 0.2) is 0 Å². The molecule has 0 fully saturated rings. The molecular weight excluding hydrogens is 165 g/mol. The summed E-state index contributed by atoms with van der Waals surface area (Å²) in [7, 11) is 0. The lowest BCUT2D eigenvalue weighted by Crippen LogP contribution is -1.95. The monoisotopic (exact) mass is 172 g/mol. The maximum Gasteiger partial charge on any atom is 0.503 e. The van der Waals surface area contributed by atoms with E-state index in [4.69, 9.17) is 15.0 Å². The van der Waals surface area contributed by atoms with Crippen LogP contribution < -0.4 is 0 Å². The number of carboxylic acid groups (broad SMARTS) is 2. The summed E-state index contributed by atoms with van der Waals surface area (Å²) in [6.07, 6.45) is -4.54. The maximum atomic E-state index is 11.1. The van der Waals surface area contributed by atoms with Crippen molar-refractivity contribution in [1.82, 2.24) is 0 Å². The van der Waals surface area contributed by atoms with E-state index in [9.17, 15) is 13.2 Å². The van der Waals surface area contributed by atoms with E-state index in [1.54, 1.807) is 0 Å². The summed E-state index contributed by atoms with van der Waals surface area (Å²) < 4.78 is 33.2. The minimum Gasteiger partial charge on any atom is -0.450 e. The second-order valence-electron chi connectivity index (χ2n) is 1.38. The first-order chi connectivity index (χ1) is 4.91. The van der Waals surface area contributed by atoms with E-state index in [-0.39, 0.29) is 0 Å². The van der Waals surface area contributed by atoms with Gasteiger partial charge in [-0.2, -0.15) is 0 Å². The molecule has 0 bridgehead atoms. The zero-order chi connectivity index (χ0) is 9.44. The van der Waals surface area contributed by atoms with Crippen LogP contribution in [-0.2, 0) is 0 Å². The molecule has 0 saturated carbocycles. The van der Waals surface area contributed by atoms with Crippen molar-refractivity contribution in [2.45, 2.75) is 6.43 Å². The van der Waals surface area contributed by atoms with Crippen molar-refractivity contribution in [2.24, 2.45) is 0 Å². The zero-order valence-electron chi connectivity index (χ0n) is 5.43. The Hall–Kier alpha value is -1.20. The van der Waals surface area contributed by atoms with E-state index in [1.165, 1.54) is 0 Å². The summed E-state index contributed by atoms with van der Waals surface area (Å²) >= 11 is 0. The van der Waals surface area contributed by atoms with Crippen molar-refractivity contribution in [1.29, 1.82) is 0 Å². The van der Waals surface area contributed by atoms with E-state index in [0.29, 0.717) is 0 Å². The lowest BCUT2D eigenvalue weighted by Gasteiger charge is -1.92. The molecule has 11 heavy (non-hydrogen) atoms. The first kappa shape index (κ1) is 12.5. The summed E-state index contributed by atoms with van der Waals surface area (Å²) in [6, 6.07) is 0. The highest BCUT2D eigenvalue weighted by molar-refractivity contribution is 5.53. The minimum atomic E-state index is -2.70. The molecular formula is C5H7F3O3. The first-order valence-corrected chi connectivity index (χ1v) is 2.35. The fraction of sp³-hybridized carbons (Fsp3) is 0.400. The molecule has 0 aromatic carbocycles. The summed E-state index contributed by atoms with van der Waals surface area (Å²) in [4.78, 5) is 8.56. The van der Waals surface area contributed by atoms with Gasteiger partial charge in [-0.05, 0) is 0 Å². The SMILES string of the molecule is C=C(CF)C(F)F.O=C(O)O. The standard InChI is InChI=1S/C4H5F3.CH2O3/c1-3(2-5)4(6)7;2-1(3)4/h4H,1-2H2;(H2,2,3,4). The van der Waals surface area contributed by atoms with Gasteiger partial charge in [-0.1, -0.05) is 6.58 Å². The van der Waals surface area contributed by atoms with Gasteiger partial charge in [0.25, 0.3) is 6.43 Å². The topological polar surface area (TPSA) is 57.5 Å². The summed E-state index contributed by atoms with van der Waals surface area (Å²) in [5.74, 6) is 0. The molecule has 66 valence electrons. The van der Waals surface area contributed by atoms with Crippen molar-refractivity contribution < 1.29 is 28.2 Å². The Morgan fingerprint density at radius 3 is 1.73 bits per heavy atom. The van der Waals surface area contributed by atoms with E-state index >= 15 is 0 Å². The number of hydrogen-bond acceptors (Lipinski definition) is 1. The molecule has 0 heterocycles. The van der Waals surface area contributed by atoms with Gasteiger partial charge in [0.05, 0.1) is 0 Å². The molecule has 0 aromatic heterocycles. The van der Waals surface area contributed by atoms with E-state index in [1.807, 2.05) is 0 Å². The first-order valence-electron chi connectivity index (χ1n) is 2.35. The molecule has 0 amide bonds. The molecule has 0 aromatic rings. The Kier molecular flexibility index (Phi) is 7.84. The molecule has 3 nitrogen and oxygen atoms in total. The van der Waals surface area contributed by atoms with Crippen LogP contribution in [0.25, 0.3) is 0 Å². The van der Waals surface area contributed by atoms with Gasteiger partial charge in [0.2, 0.25) is 0 Å². The molecule has 0 aliphatic carbocycles. The highest BCUT2D eigenvalue weighted by atomic mass is 19.3. The fourth-order valence-electron chi connectivity index (χ4n) is 0.0583. The van der Waals surface area contributed by atoms with Crippen LogP contribution in [0.15, 0.2) is 12.2 Å². The van der Waals surface area contributed by atoms with Crippen LogP contribution >= 0.6 is 0 Å². The van der Waals surface area contributed by atoms with Gasteiger partial charge in [-0.25, -0.2) is 18.0 Å². The van der Waals surface area contributed by atoms with Crippen LogP contribution in [0, 0.1) is 0 Å². The molecule has 0 aliphatic heterocycles. The Morgan fingerprint density at radius 1 is 1.45 bits per heavy atom. The van der Waals surface area contributed by atoms with Gasteiger partial charge in [-0.15, -0.1) is 0 Å². The average Bonchev–Trinajstić information content (AvgIpc) is 1.85. The molecule has 0 spiro atoms. The third-order valence-corrected chi connectivity index (χ3v) is 0.480. The van der Waals surface area contributed by atoms with Gasteiger partial charge in [0, 0.05) is 5.57 Å². The Balaban J connectivity index is 0. The third-order valence-electron chi connectivity index (χ3n) is 0.480. The number of hydrogen-bond donors (Lipinski definition) is 2. The number of rotatable bonds is 2. The molecule has 0 radical (unpaired) electrons. The Labute approximate surface area is 60.8 Å². The predicted molar refractivity (Wildman–Crippen MR) is 31.8 cm³/mol. The Bertz CT molecular complexity index is 131. The largest absolute Gasteiger partial charge is 0.503 e. The molecule has 6 heteroatoms. The average molecular weight is 172 g/mol. The van der Waals surface area contributed by atoms with Crippen molar-refractivity contribution >= 4 is 6.16 Å².